The maximum Gasteiger partial charge on any atom is 0.343 e. The molecule has 118 valence electrons. The number of hydrogen-bond donors (Lipinski definition) is 0. The van der Waals surface area contributed by atoms with Crippen LogP contribution in [0, 0.1) is 0 Å². The molecule has 1 heterocycles. The van der Waals surface area contributed by atoms with E-state index in [4.69, 9.17) is 4.74 Å². The van der Waals surface area contributed by atoms with Crippen LogP contribution in [0.2, 0.25) is 0 Å². The van der Waals surface area contributed by atoms with Crippen molar-refractivity contribution in [1.29, 1.82) is 0 Å². The molecular weight excluding hydrogens is 302 g/mol. The Morgan fingerprint density at radius 2 is 1.30 bits per heavy atom. The summed E-state index contributed by atoms with van der Waals surface area (Å²) in [4.78, 5) is 39.2. The molecule has 0 saturated carbocycles. The van der Waals surface area contributed by atoms with Crippen molar-refractivity contribution in [3.63, 3.8) is 0 Å². The molecular formula is C16H13NO6. The first kappa shape index (κ1) is 16.2. The van der Waals surface area contributed by atoms with Gasteiger partial charge in [0.15, 0.2) is 0 Å². The van der Waals surface area contributed by atoms with Crippen molar-refractivity contribution in [2.45, 2.75) is 0 Å². The van der Waals surface area contributed by atoms with Gasteiger partial charge in [0.25, 0.3) is 0 Å². The summed E-state index contributed by atoms with van der Waals surface area (Å²) in [5.74, 6) is -1.96. The van der Waals surface area contributed by atoms with Gasteiger partial charge in [0.2, 0.25) is 0 Å². The van der Waals surface area contributed by atoms with Crippen molar-refractivity contribution in [3.8, 4) is 5.75 Å². The fourth-order valence-electron chi connectivity index (χ4n) is 1.78. The van der Waals surface area contributed by atoms with E-state index in [1.807, 2.05) is 0 Å². The van der Waals surface area contributed by atoms with Crippen LogP contribution < -0.4 is 4.74 Å². The molecule has 0 bridgehead atoms. The van der Waals surface area contributed by atoms with Crippen LogP contribution in [0.4, 0.5) is 0 Å². The molecule has 2 aromatic rings. The maximum atomic E-state index is 12.0. The van der Waals surface area contributed by atoms with Gasteiger partial charge in [-0.2, -0.15) is 0 Å². The van der Waals surface area contributed by atoms with E-state index in [0.29, 0.717) is 0 Å². The first-order valence-corrected chi connectivity index (χ1v) is 6.49. The third-order valence-electron chi connectivity index (χ3n) is 2.88. The normalized spacial score (nSPS) is 9.83. The molecule has 0 aliphatic rings. The highest BCUT2D eigenvalue weighted by Gasteiger charge is 2.16. The minimum Gasteiger partial charge on any atom is -0.465 e. The first-order chi connectivity index (χ1) is 11.0. The number of ether oxygens (including phenoxy) is 3. The molecule has 0 radical (unpaired) electrons. The van der Waals surface area contributed by atoms with E-state index in [0.717, 1.165) is 0 Å². The smallest absolute Gasteiger partial charge is 0.343 e. The molecule has 1 aromatic heterocycles. The topological polar surface area (TPSA) is 91.8 Å². The number of nitrogens with zero attached hydrogens (tertiary/aromatic N) is 1. The van der Waals surface area contributed by atoms with Crippen LogP contribution >= 0.6 is 0 Å². The van der Waals surface area contributed by atoms with Crippen molar-refractivity contribution in [2.75, 3.05) is 14.2 Å². The summed E-state index contributed by atoms with van der Waals surface area (Å²) in [5.41, 5.74) is 0.406. The average molecular weight is 315 g/mol. The lowest BCUT2D eigenvalue weighted by Crippen LogP contribution is -2.11. The molecule has 0 unspecified atom stereocenters. The van der Waals surface area contributed by atoms with Gasteiger partial charge in [0.05, 0.1) is 30.9 Å². The molecule has 0 N–H and O–H groups in total. The summed E-state index contributed by atoms with van der Waals surface area (Å²) in [7, 11) is 2.41. The fraction of sp³-hybridized carbons (Fsp3) is 0.125. The Balaban J connectivity index is 2.35. The SMILES string of the molecule is COC(=O)c1cc(OC(=O)c2ccncc2)cc(C(=O)OC)c1. The second kappa shape index (κ2) is 7.17. The molecule has 0 aliphatic carbocycles. The van der Waals surface area contributed by atoms with Crippen molar-refractivity contribution < 1.29 is 28.6 Å². The lowest BCUT2D eigenvalue weighted by Gasteiger charge is -2.08. The van der Waals surface area contributed by atoms with Crippen molar-refractivity contribution in [2.24, 2.45) is 0 Å². The molecule has 0 atom stereocenters. The number of carbonyl (C=O) groups is 3. The van der Waals surface area contributed by atoms with E-state index in [1.165, 1.54) is 56.9 Å². The number of benzene rings is 1. The monoisotopic (exact) mass is 315 g/mol. The van der Waals surface area contributed by atoms with E-state index in [2.05, 4.69) is 14.5 Å². The summed E-state index contributed by atoms with van der Waals surface area (Å²) in [6, 6.07) is 6.86. The predicted molar refractivity (Wildman–Crippen MR) is 78.3 cm³/mol. The molecule has 0 saturated heterocycles. The summed E-state index contributed by atoms with van der Waals surface area (Å²) in [6.07, 6.45) is 2.89. The van der Waals surface area contributed by atoms with Gasteiger partial charge in [-0.05, 0) is 30.3 Å². The summed E-state index contributed by atoms with van der Waals surface area (Å²) in [5, 5.41) is 0. The van der Waals surface area contributed by atoms with E-state index in [9.17, 15) is 14.4 Å². The van der Waals surface area contributed by atoms with E-state index in [-0.39, 0.29) is 22.4 Å². The highest BCUT2D eigenvalue weighted by Crippen LogP contribution is 2.20. The van der Waals surface area contributed by atoms with E-state index < -0.39 is 17.9 Å². The van der Waals surface area contributed by atoms with Crippen LogP contribution in [-0.2, 0) is 9.47 Å². The van der Waals surface area contributed by atoms with E-state index >= 15 is 0 Å². The van der Waals surface area contributed by atoms with Crippen LogP contribution in [0.1, 0.15) is 31.1 Å². The molecule has 7 nitrogen and oxygen atoms in total. The highest BCUT2D eigenvalue weighted by atomic mass is 16.5. The number of methoxy groups -OCH3 is 2. The van der Waals surface area contributed by atoms with Gasteiger partial charge in [0.1, 0.15) is 5.75 Å². The number of pyridine rings is 1. The van der Waals surface area contributed by atoms with Crippen LogP contribution in [0.25, 0.3) is 0 Å². The second-order valence-electron chi connectivity index (χ2n) is 4.35. The number of esters is 3. The number of hydrogen-bond acceptors (Lipinski definition) is 7. The number of rotatable bonds is 4. The fourth-order valence-corrected chi connectivity index (χ4v) is 1.78. The molecule has 0 aliphatic heterocycles. The molecule has 23 heavy (non-hydrogen) atoms. The second-order valence-corrected chi connectivity index (χ2v) is 4.35. The molecule has 7 heteroatoms. The average Bonchev–Trinajstić information content (AvgIpc) is 2.60. The van der Waals surface area contributed by atoms with Crippen LogP contribution in [0.3, 0.4) is 0 Å². The molecule has 2 rings (SSSR count). The zero-order valence-corrected chi connectivity index (χ0v) is 12.4. The Kier molecular flexibility index (Phi) is 5.03. The lowest BCUT2D eigenvalue weighted by atomic mass is 10.1. The van der Waals surface area contributed by atoms with Crippen molar-refractivity contribution in [1.82, 2.24) is 4.98 Å². The predicted octanol–water partition coefficient (Wildman–Crippen LogP) is 1.87. The summed E-state index contributed by atoms with van der Waals surface area (Å²) < 4.78 is 14.4. The minimum atomic E-state index is -0.669. The first-order valence-electron chi connectivity index (χ1n) is 6.49. The van der Waals surface area contributed by atoms with Crippen LogP contribution in [0.5, 0.6) is 5.75 Å². The molecule has 0 amide bonds. The molecule has 1 aromatic carbocycles. The zero-order valence-electron chi connectivity index (χ0n) is 12.4. The Labute approximate surface area is 131 Å². The van der Waals surface area contributed by atoms with Crippen LogP contribution in [-0.4, -0.2) is 37.1 Å². The van der Waals surface area contributed by atoms with Gasteiger partial charge in [-0.25, -0.2) is 14.4 Å². The van der Waals surface area contributed by atoms with Gasteiger partial charge >= 0.3 is 17.9 Å². The maximum absolute atomic E-state index is 12.0. The standard InChI is InChI=1S/C16H13NO6/c1-21-14(18)11-7-12(15(19)22-2)9-13(8-11)23-16(20)10-3-5-17-6-4-10/h3-9H,1-2H3. The quantitative estimate of drug-likeness (QED) is 0.628. The summed E-state index contributed by atoms with van der Waals surface area (Å²) >= 11 is 0. The Morgan fingerprint density at radius 3 is 1.78 bits per heavy atom. The largest absolute Gasteiger partial charge is 0.465 e. The van der Waals surface area contributed by atoms with Crippen LogP contribution in [0.15, 0.2) is 42.7 Å². The third-order valence-corrected chi connectivity index (χ3v) is 2.88. The van der Waals surface area contributed by atoms with Crippen molar-refractivity contribution >= 4 is 17.9 Å². The zero-order chi connectivity index (χ0) is 16.8. The van der Waals surface area contributed by atoms with Crippen molar-refractivity contribution in [3.05, 3.63) is 59.4 Å². The number of carbonyl (C=O) groups excluding carboxylic acids is 3. The van der Waals surface area contributed by atoms with Gasteiger partial charge in [0, 0.05) is 12.4 Å². The summed E-state index contributed by atoms with van der Waals surface area (Å²) in [6.45, 7) is 0. The van der Waals surface area contributed by atoms with Gasteiger partial charge in [-0.15, -0.1) is 0 Å². The van der Waals surface area contributed by atoms with Gasteiger partial charge in [-0.3, -0.25) is 4.98 Å². The van der Waals surface area contributed by atoms with E-state index in [1.54, 1.807) is 0 Å². The Morgan fingerprint density at radius 1 is 0.783 bits per heavy atom. The lowest BCUT2D eigenvalue weighted by molar-refractivity contribution is 0.0593. The van der Waals surface area contributed by atoms with Gasteiger partial charge in [-0.1, -0.05) is 0 Å². The van der Waals surface area contributed by atoms with Gasteiger partial charge < -0.3 is 14.2 Å². The molecule has 0 fully saturated rings. The number of aromatic nitrogens is 1. The third kappa shape index (κ3) is 3.91. The highest BCUT2D eigenvalue weighted by molar-refractivity contribution is 5.97. The Bertz CT molecular complexity index is 707. The molecule has 0 spiro atoms. The minimum absolute atomic E-state index is 0.0233. The Hall–Kier alpha value is -3.22.